The summed E-state index contributed by atoms with van der Waals surface area (Å²) in [6, 6.07) is 11.0. The Morgan fingerprint density at radius 2 is 1.90 bits per heavy atom. The first-order chi connectivity index (χ1) is 20.1. The van der Waals surface area contributed by atoms with E-state index in [1.165, 1.54) is 6.33 Å². The van der Waals surface area contributed by atoms with Crippen LogP contribution in [0.2, 0.25) is 0 Å². The second-order valence-corrected chi connectivity index (χ2v) is 11.1. The number of aromatic nitrogens is 4. The fraction of sp³-hybridized carbons (Fsp3) is 0.312. The third kappa shape index (κ3) is 5.77. The molecule has 5 rings (SSSR count). The first-order valence-electron chi connectivity index (χ1n) is 13.6. The van der Waals surface area contributed by atoms with Gasteiger partial charge in [0.25, 0.3) is 0 Å². The first kappa shape index (κ1) is 29.0. The van der Waals surface area contributed by atoms with Crippen LogP contribution in [0.3, 0.4) is 0 Å². The van der Waals surface area contributed by atoms with E-state index in [4.69, 9.17) is 18.9 Å². The molecule has 3 aromatic carbocycles. The van der Waals surface area contributed by atoms with E-state index in [0.717, 1.165) is 16.3 Å². The molecule has 0 spiro atoms. The van der Waals surface area contributed by atoms with Gasteiger partial charge in [-0.25, -0.2) is 14.8 Å². The Morgan fingerprint density at radius 3 is 2.67 bits per heavy atom. The van der Waals surface area contributed by atoms with E-state index in [1.54, 1.807) is 53.3 Å². The predicted octanol–water partition coefficient (Wildman–Crippen LogP) is 6.49. The smallest absolute Gasteiger partial charge is 0.343 e. The van der Waals surface area contributed by atoms with E-state index in [9.17, 15) is 9.90 Å². The van der Waals surface area contributed by atoms with Crippen molar-refractivity contribution in [1.29, 1.82) is 0 Å². The number of methoxy groups -OCH3 is 1. The maximum atomic E-state index is 14.2. The molecule has 0 aliphatic heterocycles. The Balaban J connectivity index is 1.81. The molecule has 0 aliphatic rings. The lowest BCUT2D eigenvalue weighted by atomic mass is 9.88. The highest BCUT2D eigenvalue weighted by atomic mass is 16.6. The van der Waals surface area contributed by atoms with Gasteiger partial charge in [0, 0.05) is 40.8 Å². The van der Waals surface area contributed by atoms with Crippen molar-refractivity contribution in [2.24, 2.45) is 0 Å². The van der Waals surface area contributed by atoms with Gasteiger partial charge in [-0.15, -0.1) is 0 Å². The summed E-state index contributed by atoms with van der Waals surface area (Å²) < 4.78 is 23.8. The van der Waals surface area contributed by atoms with E-state index in [1.807, 2.05) is 37.3 Å². The zero-order chi connectivity index (χ0) is 30.0. The molecule has 0 fully saturated rings. The van der Waals surface area contributed by atoms with Crippen LogP contribution in [0.4, 0.5) is 0 Å². The predicted molar refractivity (Wildman–Crippen MR) is 159 cm³/mol. The average Bonchev–Trinajstić information content (AvgIpc) is 3.45. The van der Waals surface area contributed by atoms with Gasteiger partial charge < -0.3 is 24.1 Å². The van der Waals surface area contributed by atoms with E-state index in [2.05, 4.69) is 20.2 Å². The van der Waals surface area contributed by atoms with Crippen molar-refractivity contribution in [3.05, 3.63) is 71.8 Å². The molecule has 0 saturated heterocycles. The minimum Gasteiger partial charge on any atom is -0.507 e. The van der Waals surface area contributed by atoms with Crippen LogP contribution in [0.1, 0.15) is 49.2 Å². The van der Waals surface area contributed by atoms with Crippen molar-refractivity contribution < 1.29 is 28.8 Å². The van der Waals surface area contributed by atoms with Crippen molar-refractivity contribution in [3.63, 3.8) is 0 Å². The molecule has 5 aromatic rings. The Kier molecular flexibility index (Phi) is 8.11. The highest BCUT2D eigenvalue weighted by Gasteiger charge is 2.32. The summed E-state index contributed by atoms with van der Waals surface area (Å²) in [6.45, 7) is 9.26. The van der Waals surface area contributed by atoms with Gasteiger partial charge in [0.05, 0.1) is 31.0 Å². The number of carbonyl (C=O) groups is 1. The van der Waals surface area contributed by atoms with Crippen LogP contribution in [-0.4, -0.2) is 56.7 Å². The van der Waals surface area contributed by atoms with Gasteiger partial charge in [-0.05, 0) is 52.3 Å². The van der Waals surface area contributed by atoms with Gasteiger partial charge >= 0.3 is 5.97 Å². The van der Waals surface area contributed by atoms with Crippen molar-refractivity contribution in [2.75, 3.05) is 13.7 Å². The first-order valence-corrected chi connectivity index (χ1v) is 13.6. The second kappa shape index (κ2) is 11.8. The SMILES string of the molecule is CO[C@@H](C)COCc1c(O)c(C)c(Oc2cccc3cncnc23)c(C(=O)OC(C)(C)C)c1-c1cccc2[nH]ncc12. The quantitative estimate of drug-likeness (QED) is 0.191. The monoisotopic (exact) mass is 570 g/mol. The molecule has 2 N–H and O–H groups in total. The molecule has 10 nitrogen and oxygen atoms in total. The molecule has 42 heavy (non-hydrogen) atoms. The lowest BCUT2D eigenvalue weighted by Gasteiger charge is -2.26. The molecule has 0 unspecified atom stereocenters. The van der Waals surface area contributed by atoms with Crippen molar-refractivity contribution >= 4 is 27.8 Å². The van der Waals surface area contributed by atoms with E-state index in [-0.39, 0.29) is 36.4 Å². The van der Waals surface area contributed by atoms with Gasteiger partial charge in [-0.2, -0.15) is 5.10 Å². The number of nitrogens with zero attached hydrogens (tertiary/aromatic N) is 3. The number of H-pyrrole nitrogens is 1. The maximum absolute atomic E-state index is 14.2. The highest BCUT2D eigenvalue weighted by Crippen LogP contribution is 2.47. The number of rotatable bonds is 9. The summed E-state index contributed by atoms with van der Waals surface area (Å²) in [5, 5.41) is 20.4. The van der Waals surface area contributed by atoms with Gasteiger partial charge in [-0.1, -0.05) is 24.3 Å². The minimum absolute atomic E-state index is 0.00150. The van der Waals surface area contributed by atoms with Gasteiger partial charge in [-0.3, -0.25) is 5.10 Å². The summed E-state index contributed by atoms with van der Waals surface area (Å²) in [5.74, 6) is -0.129. The molecular weight excluding hydrogens is 536 g/mol. The normalized spacial score (nSPS) is 12.5. The Hall–Kier alpha value is -4.54. The van der Waals surface area contributed by atoms with Gasteiger partial charge in [0.2, 0.25) is 0 Å². The Morgan fingerprint density at radius 1 is 1.12 bits per heavy atom. The molecule has 0 aliphatic carbocycles. The van der Waals surface area contributed by atoms with Crippen LogP contribution in [0.25, 0.3) is 32.9 Å². The standard InChI is InChI=1S/C32H34N4O6/c1-18(39-6)15-40-16-23-26(21-10-8-11-24-22(21)14-35-36-24)27(31(38)42-32(3,4)5)30(19(2)29(23)37)41-25-12-7-9-20-13-33-17-34-28(20)25/h7-14,17-18,37H,15-16H2,1-6H3,(H,35,36)/t18-/m0/s1. The molecule has 10 heteroatoms. The fourth-order valence-electron chi connectivity index (χ4n) is 4.75. The average molecular weight is 571 g/mol. The third-order valence-electron chi connectivity index (χ3n) is 6.83. The number of carbonyl (C=O) groups excluding carboxylic acids is 1. The van der Waals surface area contributed by atoms with Crippen LogP contribution in [-0.2, 0) is 20.8 Å². The summed E-state index contributed by atoms with van der Waals surface area (Å²) in [7, 11) is 1.60. The number of hydrogen-bond acceptors (Lipinski definition) is 9. The number of para-hydroxylation sites is 1. The lowest BCUT2D eigenvalue weighted by molar-refractivity contribution is 0.00641. The van der Waals surface area contributed by atoms with Crippen molar-refractivity contribution in [1.82, 2.24) is 20.2 Å². The van der Waals surface area contributed by atoms with Gasteiger partial charge in [0.1, 0.15) is 34.5 Å². The van der Waals surface area contributed by atoms with Crippen LogP contribution in [0.5, 0.6) is 17.2 Å². The number of ether oxygens (including phenoxy) is 4. The number of aromatic hydroxyl groups is 1. The topological polar surface area (TPSA) is 129 Å². The molecule has 0 saturated carbocycles. The Labute approximate surface area is 243 Å². The number of nitrogens with one attached hydrogen (secondary N) is 1. The van der Waals surface area contributed by atoms with Crippen LogP contribution in [0, 0.1) is 6.92 Å². The van der Waals surface area contributed by atoms with Crippen LogP contribution < -0.4 is 4.74 Å². The molecule has 0 bridgehead atoms. The van der Waals surface area contributed by atoms with E-state index >= 15 is 0 Å². The summed E-state index contributed by atoms with van der Waals surface area (Å²) in [5.41, 5.74) is 2.50. The zero-order valence-corrected chi connectivity index (χ0v) is 24.5. The van der Waals surface area contributed by atoms with E-state index < -0.39 is 11.6 Å². The molecule has 2 aromatic heterocycles. The minimum atomic E-state index is -0.809. The summed E-state index contributed by atoms with van der Waals surface area (Å²) in [6.07, 6.45) is 4.62. The number of phenols is 1. The Bertz CT molecular complexity index is 1750. The maximum Gasteiger partial charge on any atom is 0.343 e. The van der Waals surface area contributed by atoms with Crippen LogP contribution in [0.15, 0.2) is 55.1 Å². The molecule has 1 atom stereocenters. The fourth-order valence-corrected chi connectivity index (χ4v) is 4.75. The summed E-state index contributed by atoms with van der Waals surface area (Å²) >= 11 is 0. The molecule has 2 heterocycles. The number of aromatic amines is 1. The number of benzene rings is 3. The zero-order valence-electron chi connectivity index (χ0n) is 24.5. The second-order valence-electron chi connectivity index (χ2n) is 11.1. The largest absolute Gasteiger partial charge is 0.507 e. The lowest BCUT2D eigenvalue weighted by Crippen LogP contribution is -2.25. The number of esters is 1. The molecular formula is C32H34N4O6. The van der Waals surface area contributed by atoms with Crippen LogP contribution >= 0.6 is 0 Å². The molecule has 0 amide bonds. The molecule has 218 valence electrons. The van der Waals surface area contributed by atoms with Crippen molar-refractivity contribution in [3.8, 4) is 28.4 Å². The number of phenolic OH excluding ortho intramolecular Hbond substituents is 1. The van der Waals surface area contributed by atoms with Gasteiger partial charge in [0.15, 0.2) is 5.75 Å². The molecule has 0 radical (unpaired) electrons. The van der Waals surface area contributed by atoms with Crippen molar-refractivity contribution in [2.45, 2.75) is 52.9 Å². The third-order valence-corrected chi connectivity index (χ3v) is 6.83. The number of fused-ring (bicyclic) bond motifs is 2. The summed E-state index contributed by atoms with van der Waals surface area (Å²) in [4.78, 5) is 22.7. The van der Waals surface area contributed by atoms with E-state index in [0.29, 0.717) is 33.5 Å². The highest BCUT2D eigenvalue weighted by molar-refractivity contribution is 6.07. The number of hydrogen-bond donors (Lipinski definition) is 2.